The topological polar surface area (TPSA) is 24.3 Å². The number of hydrogen-bond acceptors (Lipinski definition) is 3. The minimum atomic E-state index is -4.28. The second-order valence-electron chi connectivity index (χ2n) is 12.4. The first kappa shape index (κ1) is 27.4. The van der Waals surface area contributed by atoms with E-state index in [0.29, 0.717) is 17.8 Å². The number of anilines is 1. The lowest BCUT2D eigenvalue weighted by molar-refractivity contribution is -0.137. The van der Waals surface area contributed by atoms with Gasteiger partial charge in [0.05, 0.1) is 5.56 Å². The highest BCUT2D eigenvalue weighted by Gasteiger charge is 2.48. The summed E-state index contributed by atoms with van der Waals surface area (Å²) in [4.78, 5) is 9.41. The van der Waals surface area contributed by atoms with Crippen LogP contribution < -0.4 is 4.90 Å². The summed E-state index contributed by atoms with van der Waals surface area (Å²) < 4.78 is 41.1. The van der Waals surface area contributed by atoms with Gasteiger partial charge in [-0.3, -0.25) is 0 Å². The zero-order valence-corrected chi connectivity index (χ0v) is 23.5. The molecule has 1 saturated carbocycles. The van der Waals surface area contributed by atoms with E-state index in [0.717, 1.165) is 50.8 Å². The first-order valence-electron chi connectivity index (χ1n) is 15.0. The highest BCUT2D eigenvalue weighted by molar-refractivity contribution is 5.50. The Morgan fingerprint density at radius 3 is 2.08 bits per heavy atom. The molecule has 2 aliphatic heterocycles. The zero-order valence-electron chi connectivity index (χ0n) is 23.5. The maximum Gasteiger partial charge on any atom is 0.416 e. The number of benzene rings is 2. The molecular formula is C33H41F3N4. The molecule has 0 radical (unpaired) electrons. The summed E-state index contributed by atoms with van der Waals surface area (Å²) in [5.74, 6) is 2.98. The van der Waals surface area contributed by atoms with E-state index in [4.69, 9.17) is 0 Å². The Kier molecular flexibility index (Phi) is 7.68. The van der Waals surface area contributed by atoms with Crippen molar-refractivity contribution in [2.24, 2.45) is 17.8 Å². The van der Waals surface area contributed by atoms with Crippen LogP contribution in [0, 0.1) is 24.7 Å². The normalized spacial score (nSPS) is 21.4. The van der Waals surface area contributed by atoms with Crippen molar-refractivity contribution in [3.8, 4) is 0 Å². The van der Waals surface area contributed by atoms with Gasteiger partial charge in [0.1, 0.15) is 5.82 Å². The summed E-state index contributed by atoms with van der Waals surface area (Å²) in [5, 5.41) is 0. The summed E-state index contributed by atoms with van der Waals surface area (Å²) in [6.07, 6.45) is 7.51. The third kappa shape index (κ3) is 5.41. The van der Waals surface area contributed by atoms with Crippen LogP contribution in [0.25, 0.3) is 0 Å². The number of rotatable bonds is 8. The van der Waals surface area contributed by atoms with Gasteiger partial charge in [-0.25, -0.2) is 4.98 Å². The molecule has 3 aliphatic rings. The van der Waals surface area contributed by atoms with E-state index in [9.17, 15) is 13.2 Å². The second-order valence-corrected chi connectivity index (χ2v) is 12.4. The Morgan fingerprint density at radius 1 is 0.825 bits per heavy atom. The average Bonchev–Trinajstić information content (AvgIpc) is 3.62. The Morgan fingerprint density at radius 2 is 1.48 bits per heavy atom. The minimum Gasteiger partial charge on any atom is -0.371 e. The molecule has 1 unspecified atom stereocenters. The van der Waals surface area contributed by atoms with Crippen LogP contribution in [0.3, 0.4) is 0 Å². The number of aryl methyl sites for hydroxylation is 1. The monoisotopic (exact) mass is 550 g/mol. The molecule has 214 valence electrons. The van der Waals surface area contributed by atoms with Crippen LogP contribution >= 0.6 is 0 Å². The van der Waals surface area contributed by atoms with Crippen LogP contribution in [0.2, 0.25) is 0 Å². The summed E-state index contributed by atoms with van der Waals surface area (Å²) in [6, 6.07) is 16.9. The van der Waals surface area contributed by atoms with Crippen LogP contribution in [0.1, 0.15) is 55.5 Å². The van der Waals surface area contributed by atoms with Gasteiger partial charge in [0.15, 0.2) is 0 Å². The Balaban J connectivity index is 1.12. The van der Waals surface area contributed by atoms with Crippen LogP contribution in [0.4, 0.5) is 18.9 Å². The molecule has 4 nitrogen and oxygen atoms in total. The van der Waals surface area contributed by atoms with E-state index in [1.165, 1.54) is 56.2 Å². The number of alkyl halides is 3. The van der Waals surface area contributed by atoms with Gasteiger partial charge in [0.2, 0.25) is 0 Å². The smallest absolute Gasteiger partial charge is 0.371 e. The van der Waals surface area contributed by atoms with Gasteiger partial charge in [0, 0.05) is 55.6 Å². The van der Waals surface area contributed by atoms with E-state index in [-0.39, 0.29) is 5.41 Å². The van der Waals surface area contributed by atoms with Gasteiger partial charge in [-0.2, -0.15) is 13.2 Å². The predicted molar refractivity (Wildman–Crippen MR) is 153 cm³/mol. The predicted octanol–water partition coefficient (Wildman–Crippen LogP) is 7.19. The lowest BCUT2D eigenvalue weighted by Crippen LogP contribution is -2.54. The molecule has 2 saturated heterocycles. The molecule has 0 amide bonds. The molecule has 2 aromatic carbocycles. The quantitative estimate of drug-likeness (QED) is 0.297. The average molecular weight is 551 g/mol. The Bertz CT molecular complexity index is 1230. The van der Waals surface area contributed by atoms with E-state index in [2.05, 4.69) is 62.8 Å². The fourth-order valence-electron chi connectivity index (χ4n) is 7.95. The van der Waals surface area contributed by atoms with Gasteiger partial charge in [-0.05, 0) is 87.4 Å². The first-order chi connectivity index (χ1) is 19.3. The molecule has 7 heteroatoms. The number of imidazole rings is 1. The van der Waals surface area contributed by atoms with Crippen molar-refractivity contribution in [2.75, 3.05) is 37.6 Å². The highest BCUT2D eigenvalue weighted by atomic mass is 19.4. The molecule has 3 fully saturated rings. The summed E-state index contributed by atoms with van der Waals surface area (Å²) in [7, 11) is 0. The van der Waals surface area contributed by atoms with Gasteiger partial charge < -0.3 is 14.4 Å². The van der Waals surface area contributed by atoms with Crippen molar-refractivity contribution in [1.82, 2.24) is 14.5 Å². The number of hydrogen-bond donors (Lipinski definition) is 0. The van der Waals surface area contributed by atoms with Crippen molar-refractivity contribution in [3.63, 3.8) is 0 Å². The van der Waals surface area contributed by atoms with Gasteiger partial charge in [-0.1, -0.05) is 43.2 Å². The van der Waals surface area contributed by atoms with E-state index >= 15 is 0 Å². The van der Waals surface area contributed by atoms with E-state index in [1.807, 2.05) is 6.20 Å². The SMILES string of the molecule is Cc1nccn1CC(c1ccccc1)(C1CCCC1)C1CCN(CC2CN(c3ccc(C(F)(F)F)cc3)C2)CC1. The largest absolute Gasteiger partial charge is 0.416 e. The van der Waals surface area contributed by atoms with Gasteiger partial charge in [0.25, 0.3) is 0 Å². The van der Waals surface area contributed by atoms with Crippen molar-refractivity contribution < 1.29 is 13.2 Å². The van der Waals surface area contributed by atoms with Crippen molar-refractivity contribution >= 4 is 5.69 Å². The maximum atomic E-state index is 12.9. The molecule has 6 rings (SSSR count). The maximum absolute atomic E-state index is 12.9. The molecule has 3 aromatic rings. The van der Waals surface area contributed by atoms with Crippen LogP contribution in [0.5, 0.6) is 0 Å². The molecule has 1 aromatic heterocycles. The third-order valence-corrected chi connectivity index (χ3v) is 10.1. The Labute approximate surface area is 236 Å². The van der Waals surface area contributed by atoms with Crippen LogP contribution in [-0.4, -0.2) is 47.2 Å². The summed E-state index contributed by atoms with van der Waals surface area (Å²) >= 11 is 0. The lowest BCUT2D eigenvalue weighted by Gasteiger charge is -2.50. The van der Waals surface area contributed by atoms with Crippen molar-refractivity contribution in [2.45, 2.75) is 63.6 Å². The lowest BCUT2D eigenvalue weighted by atomic mass is 9.59. The van der Waals surface area contributed by atoms with Crippen LogP contribution in [-0.2, 0) is 18.1 Å². The zero-order chi connectivity index (χ0) is 27.7. The third-order valence-electron chi connectivity index (χ3n) is 10.1. The van der Waals surface area contributed by atoms with Crippen molar-refractivity contribution in [1.29, 1.82) is 0 Å². The molecule has 0 spiro atoms. The summed E-state index contributed by atoms with van der Waals surface area (Å²) in [5.41, 5.74) is 1.93. The van der Waals surface area contributed by atoms with E-state index < -0.39 is 11.7 Å². The number of piperidine rings is 1. The minimum absolute atomic E-state index is 0.116. The highest BCUT2D eigenvalue weighted by Crippen LogP contribution is 2.51. The molecule has 1 aliphatic carbocycles. The second kappa shape index (κ2) is 11.2. The number of likely N-dealkylation sites (tertiary alicyclic amines) is 1. The number of nitrogens with zero attached hydrogens (tertiary/aromatic N) is 4. The van der Waals surface area contributed by atoms with Crippen molar-refractivity contribution in [3.05, 3.63) is 83.9 Å². The van der Waals surface area contributed by atoms with E-state index in [1.54, 1.807) is 12.1 Å². The molecule has 0 N–H and O–H groups in total. The molecule has 40 heavy (non-hydrogen) atoms. The summed E-state index contributed by atoms with van der Waals surface area (Å²) in [6.45, 7) is 8.27. The van der Waals surface area contributed by atoms with Gasteiger partial charge in [-0.15, -0.1) is 0 Å². The molecule has 1 atom stereocenters. The first-order valence-corrected chi connectivity index (χ1v) is 15.0. The molecule has 3 heterocycles. The Hall–Kier alpha value is -2.80. The number of aromatic nitrogens is 2. The standard InChI is InChI=1S/C33H41F3N4/c1-25-37-17-20-39(25)24-32(28-9-5-6-10-28,27-7-3-2-4-8-27)29-15-18-38(19-16-29)21-26-22-40(23-26)31-13-11-30(12-14-31)33(34,35)36/h2-4,7-8,11-14,17,20,26,28-29H,5-6,9-10,15-16,18-19,21-24H2,1H3. The van der Waals surface area contributed by atoms with Crippen LogP contribution in [0.15, 0.2) is 67.0 Å². The molecular weight excluding hydrogens is 509 g/mol. The molecule has 0 bridgehead atoms. The fourth-order valence-corrected chi connectivity index (χ4v) is 7.95. The fraction of sp³-hybridized carbons (Fsp3) is 0.545. The van der Waals surface area contributed by atoms with Gasteiger partial charge >= 0.3 is 6.18 Å². The number of halogens is 3.